The maximum atomic E-state index is 13.9. The van der Waals surface area contributed by atoms with Crippen molar-refractivity contribution in [2.24, 2.45) is 5.92 Å². The third-order valence-corrected chi connectivity index (χ3v) is 6.09. The molecule has 4 radical (unpaired) electrons. The van der Waals surface area contributed by atoms with Crippen LogP contribution in [0.25, 0.3) is 11.1 Å². The lowest BCUT2D eigenvalue weighted by Crippen LogP contribution is -2.67. The first kappa shape index (κ1) is 22.0. The van der Waals surface area contributed by atoms with Gasteiger partial charge >= 0.3 is 0 Å². The second kappa shape index (κ2) is 8.37. The van der Waals surface area contributed by atoms with Crippen molar-refractivity contribution in [1.29, 1.82) is 0 Å². The highest BCUT2D eigenvalue weighted by atomic mass is 35.5. The largest absolute Gasteiger partial charge is 0.482 e. The minimum atomic E-state index is -0.883. The third kappa shape index (κ3) is 4.40. The molecule has 0 bridgehead atoms. The van der Waals surface area contributed by atoms with Crippen LogP contribution in [0.4, 0.5) is 10.2 Å². The van der Waals surface area contributed by atoms with E-state index >= 15 is 0 Å². The molecular weight excluding hydrogens is 438 g/mol. The van der Waals surface area contributed by atoms with Crippen LogP contribution in [0.5, 0.6) is 5.75 Å². The molecule has 3 aromatic rings. The van der Waals surface area contributed by atoms with E-state index in [0.29, 0.717) is 22.9 Å². The first-order valence-corrected chi connectivity index (χ1v) is 10.3. The first-order chi connectivity index (χ1) is 14.7. The first-order valence-electron chi connectivity index (χ1n) is 9.57. The number of hydrogen-bond acceptors (Lipinski definition) is 5. The zero-order chi connectivity index (χ0) is 22.3. The van der Waals surface area contributed by atoms with E-state index < -0.39 is 17.3 Å². The van der Waals surface area contributed by atoms with E-state index in [-0.39, 0.29) is 16.8 Å². The van der Waals surface area contributed by atoms with Crippen LogP contribution in [-0.2, 0) is 6.54 Å². The van der Waals surface area contributed by atoms with Gasteiger partial charge in [-0.15, -0.1) is 0 Å². The van der Waals surface area contributed by atoms with Gasteiger partial charge in [0, 0.05) is 40.7 Å². The zero-order valence-corrected chi connectivity index (χ0v) is 18.2. The molecule has 2 atom stereocenters. The van der Waals surface area contributed by atoms with Crippen molar-refractivity contribution in [3.8, 4) is 16.9 Å². The Bertz CT molecular complexity index is 1130. The predicted octanol–water partition coefficient (Wildman–Crippen LogP) is 3.32. The van der Waals surface area contributed by atoms with Gasteiger partial charge in [-0.25, -0.2) is 9.37 Å². The highest BCUT2D eigenvalue weighted by Crippen LogP contribution is 2.37. The molecule has 1 aliphatic heterocycles. The number of aromatic nitrogens is 3. The fraction of sp³-hybridized carbons (Fsp3) is 0.300. The Morgan fingerprint density at radius 2 is 2.13 bits per heavy atom. The number of benzene rings is 1. The fourth-order valence-corrected chi connectivity index (χ4v) is 4.09. The van der Waals surface area contributed by atoms with Crippen molar-refractivity contribution < 1.29 is 9.13 Å². The Labute approximate surface area is 192 Å². The quantitative estimate of drug-likeness (QED) is 0.440. The van der Waals surface area contributed by atoms with Crippen molar-refractivity contribution in [2.75, 3.05) is 12.3 Å². The van der Waals surface area contributed by atoms with Crippen LogP contribution in [0, 0.1) is 11.7 Å². The average Bonchev–Trinajstić information content (AvgIpc) is 3.19. The van der Waals surface area contributed by atoms with E-state index in [4.69, 9.17) is 49.4 Å². The molecule has 0 spiro atoms. The minimum Gasteiger partial charge on any atom is -0.482 e. The molecule has 0 saturated carbocycles. The molecule has 11 heteroatoms. The van der Waals surface area contributed by atoms with Crippen molar-refractivity contribution in [2.45, 2.75) is 24.9 Å². The Kier molecular flexibility index (Phi) is 5.94. The summed E-state index contributed by atoms with van der Waals surface area (Å²) in [4.78, 5) is 4.21. The summed E-state index contributed by atoms with van der Waals surface area (Å²) in [5.74, 6) is -0.00165. The summed E-state index contributed by atoms with van der Waals surface area (Å²) < 4.78 is 21.6. The van der Waals surface area contributed by atoms with E-state index in [0.717, 1.165) is 17.7 Å². The van der Waals surface area contributed by atoms with E-state index in [1.807, 2.05) is 6.20 Å². The molecule has 2 aromatic heterocycles. The van der Waals surface area contributed by atoms with Gasteiger partial charge in [-0.05, 0) is 37.6 Å². The normalized spacial score (nSPS) is 18.4. The Morgan fingerprint density at radius 1 is 1.35 bits per heavy atom. The second-order valence-electron chi connectivity index (χ2n) is 7.59. The van der Waals surface area contributed by atoms with Crippen LogP contribution in [0.15, 0.2) is 36.8 Å². The monoisotopic (exact) mass is 455 g/mol. The number of nitrogens with two attached hydrogens (primary N) is 1. The number of nitrogens with zero attached hydrogens (tertiary/aromatic N) is 3. The van der Waals surface area contributed by atoms with Crippen LogP contribution in [0.3, 0.4) is 0 Å². The number of pyridine rings is 1. The molecule has 1 saturated heterocycles. The number of halogens is 3. The summed E-state index contributed by atoms with van der Waals surface area (Å²) >= 11 is 12.3. The molecule has 3 heterocycles. The standard InChI is InChI=1S/C20H18B2Cl2FN5O/c1-10(17-14(23)2-3-15(25)18(17)24)31-16-4-11(5-27-19(16)26)12-6-29-30(8-12)9-13-7-28-20(13,21)22/h2-6,8,10,13,28H,7,9H2,1H3,(H2,26,27). The maximum Gasteiger partial charge on any atom is 0.166 e. The van der Waals surface area contributed by atoms with Gasteiger partial charge in [-0.3, -0.25) is 4.68 Å². The average molecular weight is 456 g/mol. The summed E-state index contributed by atoms with van der Waals surface area (Å²) in [6.07, 6.45) is 4.54. The van der Waals surface area contributed by atoms with E-state index in [2.05, 4.69) is 15.4 Å². The van der Waals surface area contributed by atoms with Gasteiger partial charge in [-0.2, -0.15) is 5.10 Å². The molecule has 1 aromatic carbocycles. The van der Waals surface area contributed by atoms with Crippen LogP contribution in [0.2, 0.25) is 10.0 Å². The number of nitrogens with one attached hydrogen (secondary N) is 1. The van der Waals surface area contributed by atoms with Crippen LogP contribution < -0.4 is 15.8 Å². The summed E-state index contributed by atoms with van der Waals surface area (Å²) in [5, 5.41) is 6.68. The number of hydrogen-bond donors (Lipinski definition) is 2. The lowest BCUT2D eigenvalue weighted by molar-refractivity contribution is 0.227. The van der Waals surface area contributed by atoms with Crippen molar-refractivity contribution in [3.05, 3.63) is 58.2 Å². The third-order valence-electron chi connectivity index (χ3n) is 5.38. The van der Waals surface area contributed by atoms with E-state index in [1.165, 1.54) is 12.1 Å². The highest BCUT2D eigenvalue weighted by Gasteiger charge is 2.36. The van der Waals surface area contributed by atoms with Gasteiger partial charge in [0.2, 0.25) is 0 Å². The Balaban J connectivity index is 1.55. The number of ether oxygens (including phenoxy) is 1. The molecule has 0 aliphatic carbocycles. The number of rotatable bonds is 6. The smallest absolute Gasteiger partial charge is 0.166 e. The molecule has 2 unspecified atom stereocenters. The molecule has 1 aliphatic rings. The SMILES string of the molecule is [B]C1([B])NCC1Cn1cc(-c2cnc(N)c(OC(C)c3c(Cl)ccc(F)c3Cl)c2)cn1. The van der Waals surface area contributed by atoms with Gasteiger partial charge < -0.3 is 15.8 Å². The van der Waals surface area contributed by atoms with Crippen molar-refractivity contribution in [3.63, 3.8) is 0 Å². The summed E-state index contributed by atoms with van der Waals surface area (Å²) in [7, 11) is 11.9. The number of anilines is 1. The maximum absolute atomic E-state index is 13.9. The zero-order valence-electron chi connectivity index (χ0n) is 16.6. The molecule has 156 valence electrons. The lowest BCUT2D eigenvalue weighted by Gasteiger charge is -2.47. The highest BCUT2D eigenvalue weighted by molar-refractivity contribution is 6.41. The molecule has 6 nitrogen and oxygen atoms in total. The van der Waals surface area contributed by atoms with Gasteiger partial charge in [0.25, 0.3) is 0 Å². The molecule has 31 heavy (non-hydrogen) atoms. The topological polar surface area (TPSA) is 78.0 Å². The van der Waals surface area contributed by atoms with E-state index in [1.54, 1.807) is 30.1 Å². The Hall–Kier alpha value is -2.22. The number of nitrogen functional groups attached to an aromatic ring is 1. The summed E-state index contributed by atoms with van der Waals surface area (Å²) in [5.41, 5.74) is 7.90. The molecular formula is C20H18B2Cl2FN5O. The molecule has 0 amide bonds. The molecule has 4 rings (SSSR count). The predicted molar refractivity (Wildman–Crippen MR) is 121 cm³/mol. The van der Waals surface area contributed by atoms with Gasteiger partial charge in [0.1, 0.15) is 11.9 Å². The minimum absolute atomic E-state index is 0.0744. The fourth-order valence-electron chi connectivity index (χ4n) is 3.41. The summed E-state index contributed by atoms with van der Waals surface area (Å²) in [6.45, 7) is 3.02. The van der Waals surface area contributed by atoms with Crippen molar-refractivity contribution >= 4 is 44.7 Å². The van der Waals surface area contributed by atoms with Crippen molar-refractivity contribution in [1.82, 2.24) is 20.1 Å². The van der Waals surface area contributed by atoms with Crippen LogP contribution in [0.1, 0.15) is 18.6 Å². The Morgan fingerprint density at radius 3 is 2.81 bits per heavy atom. The van der Waals surface area contributed by atoms with Gasteiger partial charge in [-0.1, -0.05) is 28.5 Å². The van der Waals surface area contributed by atoms with E-state index in [9.17, 15) is 4.39 Å². The molecule has 1 fully saturated rings. The van der Waals surface area contributed by atoms with Crippen LogP contribution >= 0.6 is 23.2 Å². The second-order valence-corrected chi connectivity index (χ2v) is 8.37. The molecule has 3 N–H and O–H groups in total. The van der Waals surface area contributed by atoms with Gasteiger partial charge in [0.05, 0.1) is 26.9 Å². The van der Waals surface area contributed by atoms with Gasteiger partial charge in [0.15, 0.2) is 11.6 Å². The summed E-state index contributed by atoms with van der Waals surface area (Å²) in [6, 6.07) is 4.37. The van der Waals surface area contributed by atoms with Crippen LogP contribution in [-0.4, -0.2) is 42.3 Å². The lowest BCUT2D eigenvalue weighted by atomic mass is 9.50.